The zero-order valence-electron chi connectivity index (χ0n) is 11.7. The molecule has 0 aliphatic carbocycles. The van der Waals surface area contributed by atoms with E-state index in [0.29, 0.717) is 17.8 Å². The van der Waals surface area contributed by atoms with Gasteiger partial charge >= 0.3 is 6.18 Å². The number of rotatable bonds is 3. The lowest BCUT2D eigenvalue weighted by molar-refractivity contribution is -0.137. The predicted molar refractivity (Wildman–Crippen MR) is 77.2 cm³/mol. The Bertz CT molecular complexity index is 706. The molecule has 3 nitrogen and oxygen atoms in total. The first kappa shape index (κ1) is 17.1. The molecule has 0 spiro atoms. The SMILES string of the molecule is CC(=O)Nc1ccc(Oc2c(F)cc(C(F)(F)F)cc2Cl)cc1. The van der Waals surface area contributed by atoms with Crippen molar-refractivity contribution >= 4 is 23.2 Å². The van der Waals surface area contributed by atoms with E-state index in [1.807, 2.05) is 0 Å². The third-order valence-corrected chi connectivity index (χ3v) is 3.00. The maximum absolute atomic E-state index is 13.8. The molecule has 0 bridgehead atoms. The molecule has 8 heteroatoms. The minimum absolute atomic E-state index is 0.152. The molecule has 2 rings (SSSR count). The molecule has 0 atom stereocenters. The van der Waals surface area contributed by atoms with Crippen molar-refractivity contribution in [3.8, 4) is 11.5 Å². The van der Waals surface area contributed by atoms with Crippen LogP contribution in [-0.4, -0.2) is 5.91 Å². The Morgan fingerprint density at radius 3 is 2.26 bits per heavy atom. The maximum atomic E-state index is 13.8. The molecule has 0 aliphatic rings. The first-order valence-electron chi connectivity index (χ1n) is 6.28. The topological polar surface area (TPSA) is 38.3 Å². The van der Waals surface area contributed by atoms with Crippen LogP contribution >= 0.6 is 11.6 Å². The number of amides is 1. The smallest absolute Gasteiger partial charge is 0.416 e. The summed E-state index contributed by atoms with van der Waals surface area (Å²) in [4.78, 5) is 10.9. The van der Waals surface area contributed by atoms with Crippen molar-refractivity contribution in [3.05, 3.63) is 52.8 Å². The number of anilines is 1. The van der Waals surface area contributed by atoms with Gasteiger partial charge in [-0.25, -0.2) is 4.39 Å². The Kier molecular flexibility index (Phi) is 4.79. The van der Waals surface area contributed by atoms with Gasteiger partial charge in [0.05, 0.1) is 10.6 Å². The Balaban J connectivity index is 2.25. The Morgan fingerprint density at radius 1 is 1.17 bits per heavy atom. The molecule has 1 N–H and O–H groups in total. The predicted octanol–water partition coefficient (Wildman–Crippen LogP) is 5.25. The van der Waals surface area contributed by atoms with Crippen molar-refractivity contribution in [3.63, 3.8) is 0 Å². The standard InChI is InChI=1S/C15H10ClF4NO2/c1-8(22)21-10-2-4-11(5-3-10)23-14-12(16)6-9(7-13(14)17)15(18,19)20/h2-7H,1H3,(H,21,22). The number of hydrogen-bond acceptors (Lipinski definition) is 2. The van der Waals surface area contributed by atoms with Crippen LogP contribution in [0.15, 0.2) is 36.4 Å². The van der Waals surface area contributed by atoms with Crippen LogP contribution in [0.1, 0.15) is 12.5 Å². The lowest BCUT2D eigenvalue weighted by Gasteiger charge is -2.12. The van der Waals surface area contributed by atoms with Crippen LogP contribution in [-0.2, 0) is 11.0 Å². The van der Waals surface area contributed by atoms with E-state index in [2.05, 4.69) is 5.32 Å². The van der Waals surface area contributed by atoms with Crippen LogP contribution in [0.5, 0.6) is 11.5 Å². The van der Waals surface area contributed by atoms with E-state index in [9.17, 15) is 22.4 Å². The molecule has 0 saturated carbocycles. The number of nitrogens with one attached hydrogen (secondary N) is 1. The molecule has 0 saturated heterocycles. The van der Waals surface area contributed by atoms with Gasteiger partial charge in [-0.05, 0) is 36.4 Å². The van der Waals surface area contributed by atoms with Crippen LogP contribution in [0, 0.1) is 5.82 Å². The molecular weight excluding hydrogens is 338 g/mol. The average molecular weight is 348 g/mol. The van der Waals surface area contributed by atoms with Crippen molar-refractivity contribution in [1.82, 2.24) is 0 Å². The summed E-state index contributed by atoms with van der Waals surface area (Å²) < 4.78 is 56.7. The monoisotopic (exact) mass is 347 g/mol. The van der Waals surface area contributed by atoms with Crippen LogP contribution < -0.4 is 10.1 Å². The molecule has 0 fully saturated rings. The third kappa shape index (κ3) is 4.35. The van der Waals surface area contributed by atoms with E-state index >= 15 is 0 Å². The van der Waals surface area contributed by atoms with E-state index in [0.717, 1.165) is 0 Å². The molecular formula is C15H10ClF4NO2. The maximum Gasteiger partial charge on any atom is 0.416 e. The molecule has 0 heterocycles. The quantitative estimate of drug-likeness (QED) is 0.770. The Labute approximate surface area is 133 Å². The largest absolute Gasteiger partial charge is 0.453 e. The third-order valence-electron chi connectivity index (χ3n) is 2.72. The summed E-state index contributed by atoms with van der Waals surface area (Å²) in [5, 5.41) is 2.03. The highest BCUT2D eigenvalue weighted by atomic mass is 35.5. The molecule has 1 amide bonds. The summed E-state index contributed by atoms with van der Waals surface area (Å²) in [7, 11) is 0. The Morgan fingerprint density at radius 2 is 1.78 bits per heavy atom. The molecule has 0 aromatic heterocycles. The van der Waals surface area contributed by atoms with Crippen molar-refractivity contribution < 1.29 is 27.1 Å². The van der Waals surface area contributed by atoms with Crippen molar-refractivity contribution in [2.75, 3.05) is 5.32 Å². The van der Waals surface area contributed by atoms with Gasteiger partial charge < -0.3 is 10.1 Å². The summed E-state index contributed by atoms with van der Waals surface area (Å²) in [6.07, 6.45) is -4.71. The van der Waals surface area contributed by atoms with Gasteiger partial charge in [-0.3, -0.25) is 4.79 Å². The van der Waals surface area contributed by atoms with Gasteiger partial charge in [-0.15, -0.1) is 0 Å². The minimum atomic E-state index is -4.71. The average Bonchev–Trinajstić information content (AvgIpc) is 2.42. The zero-order chi connectivity index (χ0) is 17.2. The van der Waals surface area contributed by atoms with Crippen molar-refractivity contribution in [2.45, 2.75) is 13.1 Å². The van der Waals surface area contributed by atoms with Gasteiger partial charge in [-0.1, -0.05) is 11.6 Å². The molecule has 2 aromatic carbocycles. The lowest BCUT2D eigenvalue weighted by atomic mass is 10.2. The first-order chi connectivity index (χ1) is 10.7. The number of halogens is 5. The molecule has 122 valence electrons. The first-order valence-corrected chi connectivity index (χ1v) is 6.66. The molecule has 0 radical (unpaired) electrons. The van der Waals surface area contributed by atoms with Crippen LogP contribution in [0.4, 0.5) is 23.2 Å². The van der Waals surface area contributed by atoms with E-state index < -0.39 is 28.3 Å². The fourth-order valence-electron chi connectivity index (χ4n) is 1.75. The number of carbonyl (C=O) groups is 1. The lowest BCUT2D eigenvalue weighted by Crippen LogP contribution is -2.06. The second kappa shape index (κ2) is 6.45. The van der Waals surface area contributed by atoms with E-state index in [-0.39, 0.29) is 11.7 Å². The van der Waals surface area contributed by atoms with Gasteiger partial charge in [0.15, 0.2) is 11.6 Å². The summed E-state index contributed by atoms with van der Waals surface area (Å²) in [6, 6.07) is 6.72. The van der Waals surface area contributed by atoms with E-state index in [1.54, 1.807) is 0 Å². The van der Waals surface area contributed by atoms with Crippen LogP contribution in [0.3, 0.4) is 0 Å². The summed E-state index contributed by atoms with van der Waals surface area (Å²) >= 11 is 5.67. The van der Waals surface area contributed by atoms with Gasteiger partial charge in [0.1, 0.15) is 5.75 Å². The normalized spacial score (nSPS) is 11.2. The molecule has 0 aliphatic heterocycles. The molecule has 0 unspecified atom stereocenters. The van der Waals surface area contributed by atoms with Gasteiger partial charge in [0.2, 0.25) is 5.91 Å². The van der Waals surface area contributed by atoms with Crippen molar-refractivity contribution in [1.29, 1.82) is 0 Å². The highest BCUT2D eigenvalue weighted by Crippen LogP contribution is 2.38. The zero-order valence-corrected chi connectivity index (χ0v) is 12.4. The number of ether oxygens (including phenoxy) is 1. The van der Waals surface area contributed by atoms with E-state index in [4.69, 9.17) is 16.3 Å². The summed E-state index contributed by atoms with van der Waals surface area (Å²) in [6.45, 7) is 1.34. The second-order valence-electron chi connectivity index (χ2n) is 4.57. The van der Waals surface area contributed by atoms with Gasteiger partial charge in [0, 0.05) is 12.6 Å². The number of benzene rings is 2. The second-order valence-corrected chi connectivity index (χ2v) is 4.98. The molecule has 2 aromatic rings. The number of carbonyl (C=O) groups excluding carboxylic acids is 1. The van der Waals surface area contributed by atoms with Gasteiger partial charge in [0.25, 0.3) is 0 Å². The number of hydrogen-bond donors (Lipinski definition) is 1. The highest BCUT2D eigenvalue weighted by Gasteiger charge is 2.32. The van der Waals surface area contributed by atoms with Gasteiger partial charge in [-0.2, -0.15) is 13.2 Å². The summed E-state index contributed by atoms with van der Waals surface area (Å²) in [5.41, 5.74) is -0.711. The molecule has 23 heavy (non-hydrogen) atoms. The number of alkyl halides is 3. The summed E-state index contributed by atoms with van der Waals surface area (Å²) in [5.74, 6) is -1.85. The fraction of sp³-hybridized carbons (Fsp3) is 0.133. The van der Waals surface area contributed by atoms with Crippen molar-refractivity contribution in [2.24, 2.45) is 0 Å². The van der Waals surface area contributed by atoms with Crippen LogP contribution in [0.2, 0.25) is 5.02 Å². The Hall–Kier alpha value is -2.28. The fourth-order valence-corrected chi connectivity index (χ4v) is 1.99. The minimum Gasteiger partial charge on any atom is -0.453 e. The highest BCUT2D eigenvalue weighted by molar-refractivity contribution is 6.32. The van der Waals surface area contributed by atoms with Crippen LogP contribution in [0.25, 0.3) is 0 Å². The van der Waals surface area contributed by atoms with E-state index in [1.165, 1.54) is 31.2 Å².